The fourth-order valence-electron chi connectivity index (χ4n) is 2.37. The van der Waals surface area contributed by atoms with E-state index in [1.165, 1.54) is 18.9 Å². The van der Waals surface area contributed by atoms with Crippen LogP contribution in [0.15, 0.2) is 18.2 Å². The van der Waals surface area contributed by atoms with Gasteiger partial charge in [-0.1, -0.05) is 30.2 Å². The molecule has 0 aliphatic carbocycles. The molecular formula is C13H16ClF2N. The standard InChI is InChI=1S/C13H16ClF2N/c14-11-6-3-4-9(12(11)13(15)16)8-10-5-1-2-7-17-10/h3-4,6,10,13,17H,1-2,5,7-8H2. The quantitative estimate of drug-likeness (QED) is 0.866. The summed E-state index contributed by atoms with van der Waals surface area (Å²) < 4.78 is 25.9. The van der Waals surface area contributed by atoms with Crippen molar-refractivity contribution in [1.82, 2.24) is 5.32 Å². The number of hydrogen-bond acceptors (Lipinski definition) is 1. The maximum Gasteiger partial charge on any atom is 0.265 e. The number of rotatable bonds is 3. The zero-order valence-electron chi connectivity index (χ0n) is 9.56. The van der Waals surface area contributed by atoms with E-state index in [0.29, 0.717) is 18.0 Å². The molecular weight excluding hydrogens is 244 g/mol. The molecule has 1 aliphatic heterocycles. The Morgan fingerprint density at radius 3 is 2.82 bits per heavy atom. The summed E-state index contributed by atoms with van der Waals surface area (Å²) in [6.07, 6.45) is 1.54. The van der Waals surface area contributed by atoms with Crippen LogP contribution in [0.5, 0.6) is 0 Å². The van der Waals surface area contributed by atoms with Crippen molar-refractivity contribution in [1.29, 1.82) is 0 Å². The number of alkyl halides is 2. The lowest BCUT2D eigenvalue weighted by molar-refractivity contribution is 0.150. The zero-order valence-corrected chi connectivity index (χ0v) is 10.3. The van der Waals surface area contributed by atoms with Crippen LogP contribution in [-0.4, -0.2) is 12.6 Å². The normalized spacial score (nSPS) is 20.8. The fraction of sp³-hybridized carbons (Fsp3) is 0.538. The van der Waals surface area contributed by atoms with E-state index >= 15 is 0 Å². The average molecular weight is 260 g/mol. The summed E-state index contributed by atoms with van der Waals surface area (Å²) >= 11 is 5.84. The minimum atomic E-state index is -2.50. The Bertz CT molecular complexity index is 376. The molecule has 1 heterocycles. The molecule has 1 aliphatic rings. The van der Waals surface area contributed by atoms with E-state index in [9.17, 15) is 8.78 Å². The van der Waals surface area contributed by atoms with Gasteiger partial charge in [0, 0.05) is 16.6 Å². The van der Waals surface area contributed by atoms with Crippen molar-refractivity contribution < 1.29 is 8.78 Å². The Balaban J connectivity index is 2.16. The van der Waals surface area contributed by atoms with E-state index < -0.39 is 6.43 Å². The molecule has 2 rings (SSSR count). The first-order valence-corrected chi connectivity index (χ1v) is 6.35. The van der Waals surface area contributed by atoms with Gasteiger partial charge in [0.15, 0.2) is 0 Å². The minimum absolute atomic E-state index is 0.00143. The molecule has 0 bridgehead atoms. The summed E-state index contributed by atoms with van der Waals surface area (Å²) in [4.78, 5) is 0. The Morgan fingerprint density at radius 1 is 1.35 bits per heavy atom. The highest BCUT2D eigenvalue weighted by Gasteiger charge is 2.20. The van der Waals surface area contributed by atoms with Gasteiger partial charge < -0.3 is 5.32 Å². The summed E-state index contributed by atoms with van der Waals surface area (Å²) in [5.41, 5.74) is 0.674. The van der Waals surface area contributed by atoms with Gasteiger partial charge in [-0.3, -0.25) is 0 Å². The fourth-order valence-corrected chi connectivity index (χ4v) is 2.64. The monoisotopic (exact) mass is 259 g/mol. The topological polar surface area (TPSA) is 12.0 Å². The van der Waals surface area contributed by atoms with Gasteiger partial charge in [0.1, 0.15) is 0 Å². The first kappa shape index (κ1) is 12.8. The van der Waals surface area contributed by atoms with Crippen LogP contribution in [0, 0.1) is 0 Å². The van der Waals surface area contributed by atoms with Crippen LogP contribution in [-0.2, 0) is 6.42 Å². The minimum Gasteiger partial charge on any atom is -0.314 e. The molecule has 1 N–H and O–H groups in total. The van der Waals surface area contributed by atoms with Crippen LogP contribution < -0.4 is 5.32 Å². The van der Waals surface area contributed by atoms with Crippen molar-refractivity contribution in [3.05, 3.63) is 34.3 Å². The molecule has 94 valence electrons. The van der Waals surface area contributed by atoms with Crippen molar-refractivity contribution in [2.24, 2.45) is 0 Å². The molecule has 0 amide bonds. The van der Waals surface area contributed by atoms with E-state index in [4.69, 9.17) is 11.6 Å². The van der Waals surface area contributed by atoms with Crippen molar-refractivity contribution >= 4 is 11.6 Å². The van der Waals surface area contributed by atoms with Gasteiger partial charge in [-0.15, -0.1) is 0 Å². The highest BCUT2D eigenvalue weighted by molar-refractivity contribution is 6.31. The second-order valence-corrected chi connectivity index (χ2v) is 4.87. The molecule has 1 atom stereocenters. The van der Waals surface area contributed by atoms with Crippen LogP contribution >= 0.6 is 11.6 Å². The number of nitrogens with one attached hydrogen (secondary N) is 1. The van der Waals surface area contributed by atoms with Crippen molar-refractivity contribution in [2.75, 3.05) is 6.54 Å². The zero-order chi connectivity index (χ0) is 12.3. The van der Waals surface area contributed by atoms with Gasteiger partial charge in [-0.25, -0.2) is 8.78 Å². The van der Waals surface area contributed by atoms with Crippen LogP contribution in [0.1, 0.15) is 36.8 Å². The van der Waals surface area contributed by atoms with Gasteiger partial charge in [0.25, 0.3) is 6.43 Å². The molecule has 0 spiro atoms. The summed E-state index contributed by atoms with van der Waals surface area (Å²) in [7, 11) is 0. The first-order chi connectivity index (χ1) is 8.18. The van der Waals surface area contributed by atoms with Gasteiger partial charge in [0.2, 0.25) is 0 Å². The molecule has 0 aromatic heterocycles. The summed E-state index contributed by atoms with van der Waals surface area (Å²) in [6.45, 7) is 0.981. The average Bonchev–Trinajstić information content (AvgIpc) is 2.30. The highest BCUT2D eigenvalue weighted by atomic mass is 35.5. The summed E-state index contributed by atoms with van der Waals surface area (Å²) in [5.74, 6) is 0. The van der Waals surface area contributed by atoms with E-state index in [2.05, 4.69) is 5.32 Å². The molecule has 4 heteroatoms. The maximum absolute atomic E-state index is 12.9. The smallest absolute Gasteiger partial charge is 0.265 e. The van der Waals surface area contributed by atoms with Gasteiger partial charge in [-0.05, 0) is 37.4 Å². The van der Waals surface area contributed by atoms with Gasteiger partial charge in [-0.2, -0.15) is 0 Å². The summed E-state index contributed by atoms with van der Waals surface area (Å²) in [5, 5.41) is 3.54. The number of benzene rings is 1. The number of halogens is 3. The molecule has 0 radical (unpaired) electrons. The molecule has 1 unspecified atom stereocenters. The molecule has 0 saturated carbocycles. The van der Waals surface area contributed by atoms with Crippen molar-refractivity contribution in [3.8, 4) is 0 Å². The van der Waals surface area contributed by atoms with E-state index in [1.807, 2.05) is 0 Å². The third kappa shape index (κ3) is 3.17. The van der Waals surface area contributed by atoms with E-state index in [0.717, 1.165) is 13.0 Å². The Kier molecular flexibility index (Phi) is 4.35. The highest BCUT2D eigenvalue weighted by Crippen LogP contribution is 2.31. The number of piperidine rings is 1. The maximum atomic E-state index is 12.9. The molecule has 1 fully saturated rings. The van der Waals surface area contributed by atoms with E-state index in [1.54, 1.807) is 12.1 Å². The molecule has 17 heavy (non-hydrogen) atoms. The van der Waals surface area contributed by atoms with Crippen LogP contribution in [0.3, 0.4) is 0 Å². The lowest BCUT2D eigenvalue weighted by atomic mass is 9.95. The van der Waals surface area contributed by atoms with Gasteiger partial charge >= 0.3 is 0 Å². The SMILES string of the molecule is FC(F)c1c(Cl)cccc1CC1CCCCN1. The Morgan fingerprint density at radius 2 is 2.18 bits per heavy atom. The van der Waals surface area contributed by atoms with Gasteiger partial charge in [0.05, 0.1) is 0 Å². The molecule has 1 aromatic rings. The van der Waals surface area contributed by atoms with Crippen LogP contribution in [0.4, 0.5) is 8.78 Å². The first-order valence-electron chi connectivity index (χ1n) is 5.97. The lowest BCUT2D eigenvalue weighted by Crippen LogP contribution is -2.35. The number of hydrogen-bond donors (Lipinski definition) is 1. The third-order valence-electron chi connectivity index (χ3n) is 3.24. The predicted molar refractivity (Wildman–Crippen MR) is 65.8 cm³/mol. The lowest BCUT2D eigenvalue weighted by Gasteiger charge is -2.24. The van der Waals surface area contributed by atoms with Crippen LogP contribution in [0.25, 0.3) is 0 Å². The molecule has 1 saturated heterocycles. The second kappa shape index (κ2) is 5.78. The predicted octanol–water partition coefficient (Wildman–Crippen LogP) is 3.96. The van der Waals surface area contributed by atoms with Crippen molar-refractivity contribution in [3.63, 3.8) is 0 Å². The largest absolute Gasteiger partial charge is 0.314 e. The molecule has 1 aromatic carbocycles. The summed E-state index contributed by atoms with van der Waals surface area (Å²) in [6, 6.07) is 5.33. The molecule has 1 nitrogen and oxygen atoms in total. The Hall–Kier alpha value is -0.670. The van der Waals surface area contributed by atoms with Crippen molar-refractivity contribution in [2.45, 2.75) is 38.2 Å². The van der Waals surface area contributed by atoms with E-state index in [-0.39, 0.29) is 10.6 Å². The third-order valence-corrected chi connectivity index (χ3v) is 3.57. The Labute approximate surface area is 105 Å². The van der Waals surface area contributed by atoms with Crippen LogP contribution in [0.2, 0.25) is 5.02 Å². The second-order valence-electron chi connectivity index (χ2n) is 4.46.